The fourth-order valence-corrected chi connectivity index (χ4v) is 3.21. The second kappa shape index (κ2) is 9.45. The van der Waals surface area contributed by atoms with E-state index in [0.29, 0.717) is 24.7 Å². The standard InChI is InChI=1S/C20H28N6O2/c1-14-3-5-15(6-4-14)7-8-17(27)22-13-18(28)23-20-24-19(25-26(20)2)16-9-11-21-12-10-16/h3-6,16,21H,7-13H2,1-2H3,(H,22,27)(H,23,24,25,28). The fourth-order valence-electron chi connectivity index (χ4n) is 3.21. The van der Waals surface area contributed by atoms with Crippen LogP contribution in [0.2, 0.25) is 0 Å². The molecule has 2 heterocycles. The Bertz CT molecular complexity index is 809. The van der Waals surface area contributed by atoms with Crippen molar-refractivity contribution in [3.05, 3.63) is 41.2 Å². The first-order valence-corrected chi connectivity index (χ1v) is 9.75. The Balaban J connectivity index is 1.43. The summed E-state index contributed by atoms with van der Waals surface area (Å²) in [6.07, 6.45) is 2.99. The van der Waals surface area contributed by atoms with Gasteiger partial charge in [0, 0.05) is 19.4 Å². The molecule has 1 aromatic carbocycles. The molecule has 1 aliphatic rings. The summed E-state index contributed by atoms with van der Waals surface area (Å²) >= 11 is 0. The van der Waals surface area contributed by atoms with Crippen molar-refractivity contribution >= 4 is 17.8 Å². The van der Waals surface area contributed by atoms with Gasteiger partial charge in [0.2, 0.25) is 17.8 Å². The molecular weight excluding hydrogens is 356 g/mol. The first-order valence-electron chi connectivity index (χ1n) is 9.75. The van der Waals surface area contributed by atoms with Crippen LogP contribution in [0.4, 0.5) is 5.95 Å². The summed E-state index contributed by atoms with van der Waals surface area (Å²) < 4.78 is 1.58. The van der Waals surface area contributed by atoms with E-state index in [2.05, 4.69) is 26.0 Å². The predicted octanol–water partition coefficient (Wildman–Crippen LogP) is 1.28. The van der Waals surface area contributed by atoms with Gasteiger partial charge in [-0.2, -0.15) is 10.1 Å². The van der Waals surface area contributed by atoms with Gasteiger partial charge in [0.05, 0.1) is 6.54 Å². The van der Waals surface area contributed by atoms with Gasteiger partial charge >= 0.3 is 0 Å². The lowest BCUT2D eigenvalue weighted by atomic mass is 9.98. The number of aryl methyl sites for hydroxylation is 3. The summed E-state index contributed by atoms with van der Waals surface area (Å²) in [7, 11) is 1.76. The highest BCUT2D eigenvalue weighted by atomic mass is 16.2. The molecule has 1 saturated heterocycles. The first kappa shape index (κ1) is 20.0. The summed E-state index contributed by atoms with van der Waals surface area (Å²) in [5.41, 5.74) is 2.30. The molecule has 8 heteroatoms. The molecule has 1 aromatic heterocycles. The molecular formula is C20H28N6O2. The number of aromatic nitrogens is 3. The Morgan fingerprint density at radius 2 is 1.89 bits per heavy atom. The van der Waals surface area contributed by atoms with E-state index in [0.717, 1.165) is 37.3 Å². The zero-order valence-corrected chi connectivity index (χ0v) is 16.5. The van der Waals surface area contributed by atoms with E-state index in [4.69, 9.17) is 0 Å². The van der Waals surface area contributed by atoms with Crippen molar-refractivity contribution < 1.29 is 9.59 Å². The van der Waals surface area contributed by atoms with Gasteiger partial charge in [-0.3, -0.25) is 14.9 Å². The van der Waals surface area contributed by atoms with Gasteiger partial charge in [-0.15, -0.1) is 0 Å². The number of anilines is 1. The third-order valence-corrected chi connectivity index (χ3v) is 4.94. The van der Waals surface area contributed by atoms with Crippen LogP contribution in [0.3, 0.4) is 0 Å². The van der Waals surface area contributed by atoms with Gasteiger partial charge in [-0.1, -0.05) is 29.8 Å². The molecule has 2 aromatic rings. The van der Waals surface area contributed by atoms with Crippen LogP contribution in [-0.4, -0.2) is 46.2 Å². The van der Waals surface area contributed by atoms with Gasteiger partial charge in [-0.25, -0.2) is 4.68 Å². The minimum atomic E-state index is -0.309. The molecule has 0 spiro atoms. The zero-order chi connectivity index (χ0) is 19.9. The van der Waals surface area contributed by atoms with Gasteiger partial charge < -0.3 is 10.6 Å². The highest BCUT2D eigenvalue weighted by molar-refractivity contribution is 5.93. The average molecular weight is 384 g/mol. The maximum absolute atomic E-state index is 12.1. The quantitative estimate of drug-likeness (QED) is 0.668. The predicted molar refractivity (Wildman–Crippen MR) is 107 cm³/mol. The molecule has 3 N–H and O–H groups in total. The van der Waals surface area contributed by atoms with Crippen LogP contribution >= 0.6 is 0 Å². The van der Waals surface area contributed by atoms with Crippen LogP contribution in [-0.2, 0) is 23.1 Å². The summed E-state index contributed by atoms with van der Waals surface area (Å²) in [6, 6.07) is 8.09. The van der Waals surface area contributed by atoms with Crippen LogP contribution < -0.4 is 16.0 Å². The van der Waals surface area contributed by atoms with Crippen molar-refractivity contribution in [3.8, 4) is 0 Å². The maximum atomic E-state index is 12.1. The Morgan fingerprint density at radius 3 is 2.61 bits per heavy atom. The van der Waals surface area contributed by atoms with E-state index in [1.807, 2.05) is 31.2 Å². The molecule has 0 bridgehead atoms. The largest absolute Gasteiger partial charge is 0.347 e. The fraction of sp³-hybridized carbons (Fsp3) is 0.500. The lowest BCUT2D eigenvalue weighted by Gasteiger charge is -2.19. The minimum Gasteiger partial charge on any atom is -0.347 e. The first-order chi connectivity index (χ1) is 13.5. The molecule has 28 heavy (non-hydrogen) atoms. The number of amides is 2. The molecule has 150 valence electrons. The van der Waals surface area contributed by atoms with Gasteiger partial charge in [-0.05, 0) is 44.8 Å². The van der Waals surface area contributed by atoms with E-state index in [1.54, 1.807) is 11.7 Å². The maximum Gasteiger partial charge on any atom is 0.246 e. The van der Waals surface area contributed by atoms with Crippen molar-refractivity contribution in [2.24, 2.45) is 7.05 Å². The molecule has 0 atom stereocenters. The summed E-state index contributed by atoms with van der Waals surface area (Å²) in [6.45, 7) is 3.86. The monoisotopic (exact) mass is 384 g/mol. The Morgan fingerprint density at radius 1 is 1.18 bits per heavy atom. The number of nitrogens with one attached hydrogen (secondary N) is 3. The number of benzene rings is 1. The normalized spacial score (nSPS) is 14.6. The van der Waals surface area contributed by atoms with Crippen LogP contribution in [0.25, 0.3) is 0 Å². The van der Waals surface area contributed by atoms with E-state index in [1.165, 1.54) is 5.56 Å². The Labute approximate surface area is 165 Å². The van der Waals surface area contributed by atoms with Crippen LogP contribution in [0.5, 0.6) is 0 Å². The second-order valence-electron chi connectivity index (χ2n) is 7.25. The number of carbonyl (C=O) groups is 2. The highest BCUT2D eigenvalue weighted by Crippen LogP contribution is 2.23. The molecule has 0 aliphatic carbocycles. The number of hydrogen-bond acceptors (Lipinski definition) is 5. The lowest BCUT2D eigenvalue weighted by Crippen LogP contribution is -2.33. The van der Waals surface area contributed by atoms with Crippen molar-refractivity contribution in [2.75, 3.05) is 25.0 Å². The van der Waals surface area contributed by atoms with Crippen molar-refractivity contribution in [1.29, 1.82) is 0 Å². The number of piperidine rings is 1. The number of hydrogen-bond donors (Lipinski definition) is 3. The van der Waals surface area contributed by atoms with Gasteiger partial charge in [0.25, 0.3) is 0 Å². The topological polar surface area (TPSA) is 101 Å². The number of nitrogens with zero attached hydrogens (tertiary/aromatic N) is 3. The van der Waals surface area contributed by atoms with Crippen molar-refractivity contribution in [1.82, 2.24) is 25.4 Å². The lowest BCUT2D eigenvalue weighted by molar-refractivity contribution is -0.124. The van der Waals surface area contributed by atoms with Crippen molar-refractivity contribution in [2.45, 2.75) is 38.5 Å². The summed E-state index contributed by atoms with van der Waals surface area (Å²) in [5, 5.41) is 13.1. The SMILES string of the molecule is Cc1ccc(CCC(=O)NCC(=O)Nc2nc(C3CCNCC3)nn2C)cc1. The summed E-state index contributed by atoms with van der Waals surface area (Å²) in [4.78, 5) is 28.6. The molecule has 0 saturated carbocycles. The second-order valence-corrected chi connectivity index (χ2v) is 7.25. The number of rotatable bonds is 7. The van der Waals surface area contributed by atoms with Crippen LogP contribution in [0, 0.1) is 6.92 Å². The Hall–Kier alpha value is -2.74. The van der Waals surface area contributed by atoms with E-state index < -0.39 is 0 Å². The third-order valence-electron chi connectivity index (χ3n) is 4.94. The minimum absolute atomic E-state index is 0.0811. The Kier molecular flexibility index (Phi) is 6.76. The van der Waals surface area contributed by atoms with Gasteiger partial charge in [0.15, 0.2) is 5.82 Å². The number of carbonyl (C=O) groups excluding carboxylic acids is 2. The molecule has 2 amide bonds. The summed E-state index contributed by atoms with van der Waals surface area (Å²) in [5.74, 6) is 1.04. The van der Waals surface area contributed by atoms with E-state index in [9.17, 15) is 9.59 Å². The molecule has 1 fully saturated rings. The average Bonchev–Trinajstić information content (AvgIpc) is 3.07. The van der Waals surface area contributed by atoms with Gasteiger partial charge in [0.1, 0.15) is 0 Å². The zero-order valence-electron chi connectivity index (χ0n) is 16.5. The molecule has 8 nitrogen and oxygen atoms in total. The van der Waals surface area contributed by atoms with Crippen LogP contribution in [0.15, 0.2) is 24.3 Å². The molecule has 0 unspecified atom stereocenters. The molecule has 1 aliphatic heterocycles. The van der Waals surface area contributed by atoms with Crippen molar-refractivity contribution in [3.63, 3.8) is 0 Å². The van der Waals surface area contributed by atoms with E-state index in [-0.39, 0.29) is 18.4 Å². The third kappa shape index (κ3) is 5.63. The highest BCUT2D eigenvalue weighted by Gasteiger charge is 2.21. The van der Waals surface area contributed by atoms with E-state index >= 15 is 0 Å². The molecule has 0 radical (unpaired) electrons. The molecule has 3 rings (SSSR count). The smallest absolute Gasteiger partial charge is 0.246 e. The van der Waals surface area contributed by atoms with Crippen LogP contribution in [0.1, 0.15) is 42.1 Å².